The van der Waals surface area contributed by atoms with E-state index in [-0.39, 0.29) is 0 Å². The maximum atomic E-state index is 5.93. The summed E-state index contributed by atoms with van der Waals surface area (Å²) in [7, 11) is 5.46. The predicted molar refractivity (Wildman–Crippen MR) is 70.5 cm³/mol. The number of aryl methyl sites for hydroxylation is 1. The molecular formula is C12H17N5O. The van der Waals surface area contributed by atoms with Gasteiger partial charge >= 0.3 is 0 Å². The van der Waals surface area contributed by atoms with E-state index in [2.05, 4.69) is 9.97 Å². The number of pyridine rings is 1. The monoisotopic (exact) mass is 247 g/mol. The largest absolute Gasteiger partial charge is 0.481 e. The number of methoxy groups -OCH3 is 1. The van der Waals surface area contributed by atoms with Gasteiger partial charge in [-0.25, -0.2) is 4.98 Å². The van der Waals surface area contributed by atoms with Crippen molar-refractivity contribution in [3.63, 3.8) is 0 Å². The second-order valence-electron chi connectivity index (χ2n) is 4.08. The van der Waals surface area contributed by atoms with Gasteiger partial charge in [-0.15, -0.1) is 0 Å². The smallest absolute Gasteiger partial charge is 0.215 e. The molecule has 0 saturated carbocycles. The molecule has 96 valence electrons. The highest BCUT2D eigenvalue weighted by Gasteiger charge is 2.11. The molecule has 6 nitrogen and oxygen atoms in total. The molecule has 0 fully saturated rings. The molecule has 0 radical (unpaired) electrons. The van der Waals surface area contributed by atoms with Gasteiger partial charge in [0.05, 0.1) is 19.3 Å². The number of hydrogen-bond acceptors (Lipinski definition) is 5. The number of imidazole rings is 1. The van der Waals surface area contributed by atoms with E-state index in [0.717, 1.165) is 5.82 Å². The van der Waals surface area contributed by atoms with Crippen LogP contribution >= 0.6 is 0 Å². The maximum Gasteiger partial charge on any atom is 0.215 e. The lowest BCUT2D eigenvalue weighted by molar-refractivity contribution is 0.398. The van der Waals surface area contributed by atoms with E-state index in [0.29, 0.717) is 23.9 Å². The molecule has 2 N–H and O–H groups in total. The second-order valence-corrected chi connectivity index (χ2v) is 4.08. The molecule has 2 heterocycles. The van der Waals surface area contributed by atoms with E-state index in [1.165, 1.54) is 0 Å². The van der Waals surface area contributed by atoms with Gasteiger partial charge in [0.15, 0.2) is 5.82 Å². The summed E-state index contributed by atoms with van der Waals surface area (Å²) in [6, 6.07) is 3.53. The minimum atomic E-state index is 0.547. The molecule has 18 heavy (non-hydrogen) atoms. The number of hydrogen-bond donors (Lipinski definition) is 1. The number of ether oxygens (including phenoxy) is 1. The van der Waals surface area contributed by atoms with Crippen molar-refractivity contribution in [2.45, 2.75) is 6.54 Å². The van der Waals surface area contributed by atoms with Gasteiger partial charge in [-0.2, -0.15) is 4.98 Å². The molecule has 0 saturated heterocycles. The zero-order valence-corrected chi connectivity index (χ0v) is 10.8. The normalized spacial score (nSPS) is 10.4. The first-order chi connectivity index (χ1) is 8.61. The van der Waals surface area contributed by atoms with Crippen LogP contribution in [0.5, 0.6) is 5.88 Å². The average molecular weight is 247 g/mol. The lowest BCUT2D eigenvalue weighted by atomic mass is 10.3. The summed E-state index contributed by atoms with van der Waals surface area (Å²) in [4.78, 5) is 10.6. The predicted octanol–water partition coefficient (Wildman–Crippen LogP) is 1.04. The zero-order chi connectivity index (χ0) is 13.1. The van der Waals surface area contributed by atoms with Gasteiger partial charge in [-0.05, 0) is 6.07 Å². The van der Waals surface area contributed by atoms with Crippen molar-refractivity contribution in [2.75, 3.05) is 24.8 Å². The molecule has 0 amide bonds. The fourth-order valence-electron chi connectivity index (χ4n) is 1.70. The van der Waals surface area contributed by atoms with Crippen LogP contribution in [0.4, 0.5) is 11.5 Å². The quantitative estimate of drug-likeness (QED) is 0.874. The number of nitrogens with two attached hydrogens (primary N) is 1. The molecule has 0 aliphatic carbocycles. The van der Waals surface area contributed by atoms with Gasteiger partial charge in [0.25, 0.3) is 0 Å². The Morgan fingerprint density at radius 2 is 2.22 bits per heavy atom. The highest BCUT2D eigenvalue weighted by molar-refractivity contribution is 5.63. The standard InChI is InChI=1S/C12H17N5O/c1-16-7-6-14-10(16)8-17(2)12-9(13)4-5-11(15-12)18-3/h4-7H,8,13H2,1-3H3. The third-order valence-electron chi connectivity index (χ3n) is 2.75. The van der Waals surface area contributed by atoms with Crippen LogP contribution in [0.25, 0.3) is 0 Å². The van der Waals surface area contributed by atoms with Crippen LogP contribution in [-0.2, 0) is 13.6 Å². The van der Waals surface area contributed by atoms with Gasteiger partial charge in [-0.3, -0.25) is 0 Å². The summed E-state index contributed by atoms with van der Waals surface area (Å²) in [5.41, 5.74) is 6.54. The minimum absolute atomic E-state index is 0.547. The van der Waals surface area contributed by atoms with E-state index >= 15 is 0 Å². The van der Waals surface area contributed by atoms with E-state index < -0.39 is 0 Å². The van der Waals surface area contributed by atoms with Crippen molar-refractivity contribution in [3.05, 3.63) is 30.4 Å². The van der Waals surface area contributed by atoms with Crippen molar-refractivity contribution in [2.24, 2.45) is 7.05 Å². The van der Waals surface area contributed by atoms with Crippen LogP contribution in [-0.4, -0.2) is 28.7 Å². The van der Waals surface area contributed by atoms with E-state index in [1.807, 2.05) is 29.8 Å². The first-order valence-electron chi connectivity index (χ1n) is 5.59. The lowest BCUT2D eigenvalue weighted by Crippen LogP contribution is -2.21. The van der Waals surface area contributed by atoms with Gasteiger partial charge in [-0.1, -0.05) is 0 Å². The van der Waals surface area contributed by atoms with E-state index in [1.54, 1.807) is 25.4 Å². The Morgan fingerprint density at radius 3 is 2.83 bits per heavy atom. The molecular weight excluding hydrogens is 230 g/mol. The first kappa shape index (κ1) is 12.2. The number of nitrogens with zero attached hydrogens (tertiary/aromatic N) is 4. The Labute approximate surface area is 106 Å². The molecule has 0 aliphatic rings. The number of nitrogen functional groups attached to an aromatic ring is 1. The third kappa shape index (κ3) is 2.37. The number of rotatable bonds is 4. The van der Waals surface area contributed by atoms with Crippen LogP contribution in [0.2, 0.25) is 0 Å². The summed E-state index contributed by atoms with van der Waals surface area (Å²) in [5.74, 6) is 2.18. The molecule has 0 spiro atoms. The molecule has 0 aliphatic heterocycles. The second kappa shape index (κ2) is 4.95. The number of anilines is 2. The summed E-state index contributed by atoms with van der Waals surface area (Å²) < 4.78 is 7.07. The van der Waals surface area contributed by atoms with Crippen molar-refractivity contribution >= 4 is 11.5 Å². The van der Waals surface area contributed by atoms with Gasteiger partial charge in [0.2, 0.25) is 5.88 Å². The third-order valence-corrected chi connectivity index (χ3v) is 2.75. The van der Waals surface area contributed by atoms with E-state index in [4.69, 9.17) is 10.5 Å². The Bertz CT molecular complexity index is 537. The van der Waals surface area contributed by atoms with Crippen LogP contribution in [0.15, 0.2) is 24.5 Å². The molecule has 2 aromatic rings. The van der Waals surface area contributed by atoms with Crippen LogP contribution in [0.3, 0.4) is 0 Å². The van der Waals surface area contributed by atoms with Gasteiger partial charge in [0, 0.05) is 32.6 Å². The molecule has 0 bridgehead atoms. The highest BCUT2D eigenvalue weighted by atomic mass is 16.5. The summed E-state index contributed by atoms with van der Waals surface area (Å²) in [5, 5.41) is 0. The fraction of sp³-hybridized carbons (Fsp3) is 0.333. The van der Waals surface area contributed by atoms with Crippen molar-refractivity contribution in [1.29, 1.82) is 0 Å². The maximum absolute atomic E-state index is 5.93. The molecule has 0 atom stereocenters. The molecule has 6 heteroatoms. The molecule has 0 unspecified atom stereocenters. The van der Waals surface area contributed by atoms with Crippen molar-refractivity contribution in [3.8, 4) is 5.88 Å². The molecule has 2 rings (SSSR count). The SMILES string of the molecule is COc1ccc(N)c(N(C)Cc2nccn2C)n1. The fourth-order valence-corrected chi connectivity index (χ4v) is 1.70. The van der Waals surface area contributed by atoms with Gasteiger partial charge in [0.1, 0.15) is 5.82 Å². The summed E-state index contributed by atoms with van der Waals surface area (Å²) in [6.07, 6.45) is 3.68. The molecule has 2 aromatic heterocycles. The van der Waals surface area contributed by atoms with Crippen LogP contribution in [0.1, 0.15) is 5.82 Å². The Hall–Kier alpha value is -2.24. The first-order valence-corrected chi connectivity index (χ1v) is 5.59. The number of aromatic nitrogens is 3. The van der Waals surface area contributed by atoms with Crippen LogP contribution < -0.4 is 15.4 Å². The Kier molecular flexibility index (Phi) is 3.36. The van der Waals surface area contributed by atoms with Crippen molar-refractivity contribution < 1.29 is 4.74 Å². The van der Waals surface area contributed by atoms with Gasteiger partial charge < -0.3 is 19.9 Å². The average Bonchev–Trinajstić information content (AvgIpc) is 2.75. The van der Waals surface area contributed by atoms with E-state index in [9.17, 15) is 0 Å². The van der Waals surface area contributed by atoms with Crippen LogP contribution in [0, 0.1) is 0 Å². The highest BCUT2D eigenvalue weighted by Crippen LogP contribution is 2.23. The minimum Gasteiger partial charge on any atom is -0.481 e. The summed E-state index contributed by atoms with van der Waals surface area (Å²) >= 11 is 0. The summed E-state index contributed by atoms with van der Waals surface area (Å²) in [6.45, 7) is 0.633. The lowest BCUT2D eigenvalue weighted by Gasteiger charge is -2.19. The van der Waals surface area contributed by atoms with Crippen molar-refractivity contribution in [1.82, 2.24) is 14.5 Å². The Morgan fingerprint density at radius 1 is 1.44 bits per heavy atom. The molecule has 0 aromatic carbocycles. The Balaban J connectivity index is 2.23. The zero-order valence-electron chi connectivity index (χ0n) is 10.8. The topological polar surface area (TPSA) is 69.2 Å².